The summed E-state index contributed by atoms with van der Waals surface area (Å²) in [6.07, 6.45) is -2.85. The highest BCUT2D eigenvalue weighted by atomic mass is 79.9. The molecule has 2 amide bonds. The van der Waals surface area contributed by atoms with E-state index in [0.29, 0.717) is 10.0 Å². The van der Waals surface area contributed by atoms with Crippen molar-refractivity contribution in [3.05, 3.63) is 98.0 Å². The van der Waals surface area contributed by atoms with Crippen LogP contribution in [0.4, 0.5) is 18.9 Å². The summed E-state index contributed by atoms with van der Waals surface area (Å²) >= 11 is 10.6. The first-order valence-electron chi connectivity index (χ1n) is 11.2. The summed E-state index contributed by atoms with van der Waals surface area (Å²) in [4.78, 5) is 25.6. The second-order valence-electron chi connectivity index (χ2n) is 7.91. The maximum absolute atomic E-state index is 13.1. The van der Waals surface area contributed by atoms with Gasteiger partial charge in [-0.25, -0.2) is 5.43 Å². The van der Waals surface area contributed by atoms with Crippen LogP contribution in [0.5, 0.6) is 0 Å². The highest BCUT2D eigenvalue weighted by molar-refractivity contribution is 9.10. The van der Waals surface area contributed by atoms with Crippen molar-refractivity contribution in [3.8, 4) is 0 Å². The number of halogens is 5. The number of amides is 2. The maximum Gasteiger partial charge on any atom is 0.417 e. The molecule has 0 unspecified atom stereocenters. The average molecular weight is 629 g/mol. The molecule has 0 aliphatic heterocycles. The van der Waals surface area contributed by atoms with E-state index in [2.05, 4.69) is 31.8 Å². The summed E-state index contributed by atoms with van der Waals surface area (Å²) < 4.78 is 39.7. The lowest BCUT2D eigenvalue weighted by Gasteiger charge is -2.11. The maximum atomic E-state index is 13.1. The van der Waals surface area contributed by atoms with E-state index in [1.54, 1.807) is 36.0 Å². The summed E-state index contributed by atoms with van der Waals surface area (Å²) in [5, 5.41) is 14.9. The van der Waals surface area contributed by atoms with E-state index >= 15 is 0 Å². The number of hydrazone groups is 1. The van der Waals surface area contributed by atoms with Crippen molar-refractivity contribution in [1.82, 2.24) is 5.43 Å². The Balaban J connectivity index is 1.68. The van der Waals surface area contributed by atoms with Crippen molar-refractivity contribution in [1.29, 1.82) is 0 Å². The zero-order valence-electron chi connectivity index (χ0n) is 19.7. The fourth-order valence-corrected chi connectivity index (χ4v) is 4.67. The Morgan fingerprint density at radius 3 is 2.47 bits per heavy atom. The number of thioether (sulfide) groups is 1. The van der Waals surface area contributed by atoms with Crippen molar-refractivity contribution in [2.24, 2.45) is 5.10 Å². The van der Waals surface area contributed by atoms with Crippen LogP contribution in [0.1, 0.15) is 43.8 Å². The smallest absolute Gasteiger partial charge is 0.396 e. The van der Waals surface area contributed by atoms with Crippen LogP contribution < -0.4 is 10.7 Å². The molecule has 0 radical (unpaired) electrons. The first kappa shape index (κ1) is 29.7. The van der Waals surface area contributed by atoms with E-state index in [0.717, 1.165) is 41.8 Å². The van der Waals surface area contributed by atoms with Gasteiger partial charge in [0.15, 0.2) is 0 Å². The van der Waals surface area contributed by atoms with Crippen LogP contribution in [0.25, 0.3) is 0 Å². The third-order valence-electron chi connectivity index (χ3n) is 5.08. The third-order valence-corrected chi connectivity index (χ3v) is 7.02. The normalized spacial score (nSPS) is 11.5. The molecule has 3 aromatic rings. The van der Waals surface area contributed by atoms with Crippen molar-refractivity contribution in [2.75, 3.05) is 17.7 Å². The Bertz CT molecular complexity index is 1320. The Morgan fingerprint density at radius 2 is 1.79 bits per heavy atom. The summed E-state index contributed by atoms with van der Waals surface area (Å²) in [5.41, 5.74) is 3.08. The predicted octanol–water partition coefficient (Wildman–Crippen LogP) is 6.75. The number of rotatable bonds is 10. The van der Waals surface area contributed by atoms with Gasteiger partial charge in [-0.15, -0.1) is 0 Å². The number of aliphatic hydroxyl groups is 1. The van der Waals surface area contributed by atoms with Crippen LogP contribution in [0, 0.1) is 0 Å². The van der Waals surface area contributed by atoms with Gasteiger partial charge in [-0.05, 0) is 65.8 Å². The molecule has 0 spiro atoms. The van der Waals surface area contributed by atoms with Crippen LogP contribution in [0.3, 0.4) is 0 Å². The summed E-state index contributed by atoms with van der Waals surface area (Å²) in [6.45, 7) is 0.152. The molecule has 200 valence electrons. The second-order valence-corrected chi connectivity index (χ2v) is 10.3. The van der Waals surface area contributed by atoms with Crippen LogP contribution in [-0.4, -0.2) is 35.5 Å². The van der Waals surface area contributed by atoms with Gasteiger partial charge >= 0.3 is 6.18 Å². The Morgan fingerprint density at radius 1 is 1.05 bits per heavy atom. The summed E-state index contributed by atoms with van der Waals surface area (Å²) in [5.74, 6) is 0.488. The molecule has 0 saturated heterocycles. The number of nitrogens with zero attached hydrogens (tertiary/aromatic N) is 1. The molecule has 0 fully saturated rings. The Kier molecular flexibility index (Phi) is 10.8. The number of anilines is 1. The Labute approximate surface area is 234 Å². The number of carbonyl (C=O) groups excluding carboxylic acids is 2. The molecule has 0 saturated carbocycles. The van der Waals surface area contributed by atoms with Gasteiger partial charge in [0.2, 0.25) is 0 Å². The van der Waals surface area contributed by atoms with Crippen molar-refractivity contribution < 1.29 is 27.9 Å². The molecule has 0 bridgehead atoms. The third kappa shape index (κ3) is 8.59. The number of alkyl halides is 3. The molecule has 3 aromatic carbocycles. The summed E-state index contributed by atoms with van der Waals surface area (Å²) in [6, 6.07) is 15.0. The minimum absolute atomic E-state index is 0.0834. The largest absolute Gasteiger partial charge is 0.417 e. The monoisotopic (exact) mass is 627 g/mol. The lowest BCUT2D eigenvalue weighted by atomic mass is 10.1. The van der Waals surface area contributed by atoms with Gasteiger partial charge in [0.05, 0.1) is 28.1 Å². The number of hydrogen-bond donors (Lipinski definition) is 3. The molecule has 0 aliphatic carbocycles. The Hall–Kier alpha value is -2.86. The van der Waals surface area contributed by atoms with Crippen molar-refractivity contribution in [3.63, 3.8) is 0 Å². The molecular weight excluding hydrogens is 607 g/mol. The number of aliphatic hydroxyl groups excluding tert-OH is 1. The molecule has 0 aliphatic rings. The molecular formula is C26H22BrClF3N3O3S. The standard InChI is InChI=1S/C26H22BrClF3N3O3S/c27-19-7-9-23(33-24(36)18-5-2-16(3-6-18)15-38-11-1-10-35)20(13-19)25(37)34-32-14-17-4-8-22(28)21(12-17)26(29,30)31/h2-9,12-14,35H,1,10-11,15H2,(H,33,36)(H,34,37)/b32-14+. The van der Waals surface area contributed by atoms with Gasteiger partial charge in [-0.2, -0.15) is 30.0 Å². The van der Waals surface area contributed by atoms with E-state index in [9.17, 15) is 22.8 Å². The van der Waals surface area contributed by atoms with Gasteiger partial charge in [-0.1, -0.05) is 45.7 Å². The zero-order valence-corrected chi connectivity index (χ0v) is 22.8. The highest BCUT2D eigenvalue weighted by Crippen LogP contribution is 2.34. The molecule has 0 heterocycles. The van der Waals surface area contributed by atoms with Gasteiger partial charge in [0, 0.05) is 22.4 Å². The fraction of sp³-hybridized carbons (Fsp3) is 0.192. The highest BCUT2D eigenvalue weighted by Gasteiger charge is 2.33. The molecule has 3 N–H and O–H groups in total. The molecule has 3 rings (SSSR count). The quantitative estimate of drug-likeness (QED) is 0.132. The lowest BCUT2D eigenvalue weighted by Crippen LogP contribution is -2.21. The topological polar surface area (TPSA) is 90.8 Å². The SMILES string of the molecule is O=C(Nc1ccc(Br)cc1C(=O)N/N=C/c1ccc(Cl)c(C(F)(F)F)c1)c1ccc(CSCCCO)cc1. The van der Waals surface area contributed by atoms with E-state index in [1.165, 1.54) is 12.1 Å². The molecule has 6 nitrogen and oxygen atoms in total. The lowest BCUT2D eigenvalue weighted by molar-refractivity contribution is -0.137. The number of nitrogens with one attached hydrogen (secondary N) is 2. The van der Waals surface area contributed by atoms with Crippen LogP contribution in [0.2, 0.25) is 5.02 Å². The molecule has 0 atom stereocenters. The van der Waals surface area contributed by atoms with E-state index in [-0.39, 0.29) is 23.4 Å². The fourth-order valence-electron chi connectivity index (χ4n) is 3.18. The predicted molar refractivity (Wildman–Crippen MR) is 148 cm³/mol. The zero-order chi connectivity index (χ0) is 27.7. The van der Waals surface area contributed by atoms with Crippen molar-refractivity contribution >= 4 is 63.0 Å². The minimum atomic E-state index is -4.63. The summed E-state index contributed by atoms with van der Waals surface area (Å²) in [7, 11) is 0. The van der Waals surface area contributed by atoms with E-state index in [1.807, 2.05) is 12.1 Å². The van der Waals surface area contributed by atoms with Gasteiger partial charge in [0.1, 0.15) is 0 Å². The number of hydrogen-bond acceptors (Lipinski definition) is 5. The number of carbonyl (C=O) groups is 2. The molecule has 0 aromatic heterocycles. The first-order valence-corrected chi connectivity index (χ1v) is 13.5. The average Bonchev–Trinajstić information content (AvgIpc) is 2.88. The van der Waals surface area contributed by atoms with Gasteiger partial charge < -0.3 is 10.4 Å². The van der Waals surface area contributed by atoms with Gasteiger partial charge in [-0.3, -0.25) is 9.59 Å². The van der Waals surface area contributed by atoms with Crippen LogP contribution >= 0.6 is 39.3 Å². The molecule has 12 heteroatoms. The van der Waals surface area contributed by atoms with Crippen molar-refractivity contribution in [2.45, 2.75) is 18.3 Å². The minimum Gasteiger partial charge on any atom is -0.396 e. The molecule has 38 heavy (non-hydrogen) atoms. The van der Waals surface area contributed by atoms with E-state index < -0.39 is 28.6 Å². The second kappa shape index (κ2) is 13.8. The van der Waals surface area contributed by atoms with Crippen LogP contribution in [0.15, 0.2) is 70.2 Å². The van der Waals surface area contributed by atoms with E-state index in [4.69, 9.17) is 16.7 Å². The van der Waals surface area contributed by atoms with Crippen LogP contribution in [-0.2, 0) is 11.9 Å². The van der Waals surface area contributed by atoms with Gasteiger partial charge in [0.25, 0.3) is 11.8 Å². The first-order chi connectivity index (χ1) is 18.1. The number of benzene rings is 3.